The molecule has 1 aromatic heterocycles. The molecule has 2 heterocycles. The molecule has 0 unspecified atom stereocenters. The lowest BCUT2D eigenvalue weighted by atomic mass is 10.2. The fraction of sp³-hybridized carbons (Fsp3) is 0.250. The maximum Gasteiger partial charge on any atom is 0.228 e. The molecule has 62 valence electrons. The second-order valence-electron chi connectivity index (χ2n) is 2.76. The molecule has 0 radical (unpaired) electrons. The zero-order valence-electron chi connectivity index (χ0n) is 6.50. The van der Waals surface area contributed by atoms with E-state index in [1.165, 1.54) is 0 Å². The van der Waals surface area contributed by atoms with Gasteiger partial charge in [0, 0.05) is 6.54 Å². The van der Waals surface area contributed by atoms with Crippen LogP contribution in [0.2, 0.25) is 0 Å². The third kappa shape index (κ3) is 1.06. The molecule has 0 saturated carbocycles. The summed E-state index contributed by atoms with van der Waals surface area (Å²) in [5, 5.41) is 2.71. The van der Waals surface area contributed by atoms with E-state index in [-0.39, 0.29) is 5.91 Å². The van der Waals surface area contributed by atoms with E-state index < -0.39 is 0 Å². The highest BCUT2D eigenvalue weighted by Crippen LogP contribution is 2.21. The lowest BCUT2D eigenvalue weighted by Crippen LogP contribution is -2.03. The van der Waals surface area contributed by atoms with Crippen LogP contribution >= 0.6 is 0 Å². The maximum absolute atomic E-state index is 10.9. The highest BCUT2D eigenvalue weighted by molar-refractivity contribution is 5.98. The van der Waals surface area contributed by atoms with Gasteiger partial charge in [0.15, 0.2) is 0 Å². The van der Waals surface area contributed by atoms with Gasteiger partial charge >= 0.3 is 0 Å². The topological polar surface area (TPSA) is 68.0 Å². The lowest BCUT2D eigenvalue weighted by Gasteiger charge is -1.99. The van der Waals surface area contributed by atoms with Crippen LogP contribution in [-0.4, -0.2) is 10.9 Å². The number of amides is 1. The lowest BCUT2D eigenvalue weighted by molar-refractivity contribution is -0.115. The molecule has 0 aromatic carbocycles. The number of anilines is 1. The van der Waals surface area contributed by atoms with Crippen LogP contribution in [0.4, 0.5) is 5.69 Å². The quantitative estimate of drug-likeness (QED) is 0.614. The van der Waals surface area contributed by atoms with Gasteiger partial charge in [-0.05, 0) is 11.6 Å². The van der Waals surface area contributed by atoms with E-state index in [1.807, 2.05) is 6.07 Å². The third-order valence-electron chi connectivity index (χ3n) is 1.88. The predicted molar refractivity (Wildman–Crippen MR) is 44.5 cm³/mol. The molecule has 1 amide bonds. The second-order valence-corrected chi connectivity index (χ2v) is 2.76. The summed E-state index contributed by atoms with van der Waals surface area (Å²) in [5.74, 6) is 0.0287. The average Bonchev–Trinajstić information content (AvgIpc) is 2.43. The van der Waals surface area contributed by atoms with Crippen LogP contribution in [-0.2, 0) is 17.8 Å². The molecule has 1 aromatic rings. The van der Waals surface area contributed by atoms with Crippen LogP contribution in [0.3, 0.4) is 0 Å². The Morgan fingerprint density at radius 2 is 2.50 bits per heavy atom. The molecule has 1 aliphatic rings. The van der Waals surface area contributed by atoms with Crippen LogP contribution in [0.1, 0.15) is 11.3 Å². The Morgan fingerprint density at radius 1 is 1.67 bits per heavy atom. The van der Waals surface area contributed by atoms with Crippen molar-refractivity contribution < 1.29 is 4.79 Å². The van der Waals surface area contributed by atoms with Crippen molar-refractivity contribution in [2.24, 2.45) is 5.73 Å². The zero-order valence-corrected chi connectivity index (χ0v) is 6.50. The van der Waals surface area contributed by atoms with Crippen LogP contribution in [0.5, 0.6) is 0 Å². The molecule has 0 aliphatic carbocycles. The maximum atomic E-state index is 10.9. The first-order chi connectivity index (χ1) is 5.79. The number of nitrogens with two attached hydrogens (primary N) is 1. The standard InChI is InChI=1S/C8H9N3O/c9-3-6-1-5-2-8(12)11-7(5)4-10-6/h1,4H,2-3,9H2,(H,11,12). The summed E-state index contributed by atoms with van der Waals surface area (Å²) >= 11 is 0. The molecular formula is C8H9N3O. The molecular weight excluding hydrogens is 154 g/mol. The minimum absolute atomic E-state index is 0.0287. The van der Waals surface area contributed by atoms with Crippen molar-refractivity contribution in [3.05, 3.63) is 23.5 Å². The van der Waals surface area contributed by atoms with E-state index >= 15 is 0 Å². The van der Waals surface area contributed by atoms with Crippen molar-refractivity contribution >= 4 is 11.6 Å². The fourth-order valence-electron chi connectivity index (χ4n) is 1.28. The van der Waals surface area contributed by atoms with Gasteiger partial charge in [0.05, 0.1) is 24.0 Å². The molecule has 2 rings (SSSR count). The van der Waals surface area contributed by atoms with E-state index in [9.17, 15) is 4.79 Å². The summed E-state index contributed by atoms with van der Waals surface area (Å²) in [6.45, 7) is 0.418. The number of carbonyl (C=O) groups is 1. The number of carbonyl (C=O) groups excluding carboxylic acids is 1. The van der Waals surface area contributed by atoms with Crippen molar-refractivity contribution in [2.45, 2.75) is 13.0 Å². The number of aromatic nitrogens is 1. The fourth-order valence-corrected chi connectivity index (χ4v) is 1.28. The molecule has 0 fully saturated rings. The SMILES string of the molecule is NCc1cc2c(cn1)NC(=O)C2. The normalized spacial score (nSPS) is 14.2. The van der Waals surface area contributed by atoms with E-state index in [0.29, 0.717) is 13.0 Å². The molecule has 0 bridgehead atoms. The molecule has 3 N–H and O–H groups in total. The number of rotatable bonds is 1. The van der Waals surface area contributed by atoms with Crippen molar-refractivity contribution in [1.29, 1.82) is 0 Å². The van der Waals surface area contributed by atoms with E-state index in [0.717, 1.165) is 16.9 Å². The summed E-state index contributed by atoms with van der Waals surface area (Å²) < 4.78 is 0. The molecule has 0 atom stereocenters. The first-order valence-corrected chi connectivity index (χ1v) is 3.77. The highest BCUT2D eigenvalue weighted by atomic mass is 16.1. The molecule has 4 nitrogen and oxygen atoms in total. The van der Waals surface area contributed by atoms with Crippen LogP contribution in [0, 0.1) is 0 Å². The Balaban J connectivity index is 2.41. The highest BCUT2D eigenvalue weighted by Gasteiger charge is 2.17. The van der Waals surface area contributed by atoms with Gasteiger partial charge < -0.3 is 11.1 Å². The van der Waals surface area contributed by atoms with E-state index in [4.69, 9.17) is 5.73 Å². The van der Waals surface area contributed by atoms with Gasteiger partial charge in [0.25, 0.3) is 0 Å². The van der Waals surface area contributed by atoms with Gasteiger partial charge in [-0.15, -0.1) is 0 Å². The Morgan fingerprint density at radius 3 is 3.25 bits per heavy atom. The monoisotopic (exact) mass is 163 g/mol. The minimum atomic E-state index is 0.0287. The van der Waals surface area contributed by atoms with Crippen molar-refractivity contribution in [3.63, 3.8) is 0 Å². The smallest absolute Gasteiger partial charge is 0.228 e. The largest absolute Gasteiger partial charge is 0.325 e. The zero-order chi connectivity index (χ0) is 8.55. The summed E-state index contributed by atoms with van der Waals surface area (Å²) in [6, 6.07) is 1.87. The van der Waals surface area contributed by atoms with Gasteiger partial charge in [-0.25, -0.2) is 0 Å². The number of fused-ring (bicyclic) bond motifs is 1. The number of hydrogen-bond donors (Lipinski definition) is 2. The summed E-state index contributed by atoms with van der Waals surface area (Å²) in [4.78, 5) is 15.0. The van der Waals surface area contributed by atoms with Crippen molar-refractivity contribution in [2.75, 3.05) is 5.32 Å². The van der Waals surface area contributed by atoms with Gasteiger partial charge in [-0.3, -0.25) is 9.78 Å². The van der Waals surface area contributed by atoms with E-state index in [2.05, 4.69) is 10.3 Å². The first kappa shape index (κ1) is 7.24. The minimum Gasteiger partial charge on any atom is -0.325 e. The Hall–Kier alpha value is -1.42. The molecule has 0 spiro atoms. The van der Waals surface area contributed by atoms with Crippen LogP contribution < -0.4 is 11.1 Å². The Labute approximate surface area is 69.8 Å². The van der Waals surface area contributed by atoms with Crippen molar-refractivity contribution in [1.82, 2.24) is 4.98 Å². The Kier molecular flexibility index (Phi) is 1.55. The van der Waals surface area contributed by atoms with Crippen LogP contribution in [0.25, 0.3) is 0 Å². The average molecular weight is 163 g/mol. The predicted octanol–water partition coefficient (Wildman–Crippen LogP) is 0.0349. The summed E-state index contributed by atoms with van der Waals surface area (Å²) in [6.07, 6.45) is 2.10. The number of nitrogens with one attached hydrogen (secondary N) is 1. The summed E-state index contributed by atoms with van der Waals surface area (Å²) in [5.41, 5.74) is 8.05. The first-order valence-electron chi connectivity index (χ1n) is 3.77. The second kappa shape index (κ2) is 2.57. The van der Waals surface area contributed by atoms with Gasteiger partial charge in [0.2, 0.25) is 5.91 Å². The number of pyridine rings is 1. The van der Waals surface area contributed by atoms with Gasteiger partial charge in [0.1, 0.15) is 0 Å². The molecule has 12 heavy (non-hydrogen) atoms. The van der Waals surface area contributed by atoms with Crippen molar-refractivity contribution in [3.8, 4) is 0 Å². The molecule has 4 heteroatoms. The molecule has 0 saturated heterocycles. The third-order valence-corrected chi connectivity index (χ3v) is 1.88. The van der Waals surface area contributed by atoms with Gasteiger partial charge in [-0.1, -0.05) is 0 Å². The molecule has 1 aliphatic heterocycles. The van der Waals surface area contributed by atoms with Crippen LogP contribution in [0.15, 0.2) is 12.3 Å². The van der Waals surface area contributed by atoms with Gasteiger partial charge in [-0.2, -0.15) is 0 Å². The number of nitrogens with zero attached hydrogens (tertiary/aromatic N) is 1. The summed E-state index contributed by atoms with van der Waals surface area (Å²) in [7, 11) is 0. The number of hydrogen-bond acceptors (Lipinski definition) is 3. The Bertz CT molecular complexity index is 335. The van der Waals surface area contributed by atoms with E-state index in [1.54, 1.807) is 6.20 Å².